The topological polar surface area (TPSA) is 0 Å². The van der Waals surface area contributed by atoms with Crippen molar-refractivity contribution in [3.05, 3.63) is 11.4 Å². The van der Waals surface area contributed by atoms with Crippen molar-refractivity contribution >= 4 is 0 Å². The molecule has 0 atom stereocenters. The highest BCUT2D eigenvalue weighted by Gasteiger charge is 2.69. The molecule has 0 aromatic carbocycles. The van der Waals surface area contributed by atoms with Gasteiger partial charge in [0, 0.05) is 0 Å². The van der Waals surface area contributed by atoms with Crippen LogP contribution in [-0.4, -0.2) is 30.6 Å². The summed E-state index contributed by atoms with van der Waals surface area (Å²) in [4.78, 5) is 0. The second-order valence-electron chi connectivity index (χ2n) is 3.18. The van der Waals surface area contributed by atoms with E-state index in [-0.39, 0.29) is 0 Å². The zero-order chi connectivity index (χ0) is 16.7. The smallest absolute Gasteiger partial charge is 0.204 e. The largest absolute Gasteiger partial charge is 0.424 e. The molecule has 120 valence electrons. The van der Waals surface area contributed by atoms with E-state index in [1.807, 2.05) is 0 Å². The first-order chi connectivity index (χ1) is 8.47. The molecule has 0 aliphatic carbocycles. The van der Waals surface area contributed by atoms with Crippen molar-refractivity contribution in [3.63, 3.8) is 0 Å². The summed E-state index contributed by atoms with van der Waals surface area (Å²) >= 11 is 0. The van der Waals surface area contributed by atoms with Gasteiger partial charge in [-0.05, 0) is 0 Å². The average Bonchev–Trinajstić information content (AvgIpc) is 2.11. The Kier molecular flexibility index (Phi) is 4.69. The van der Waals surface area contributed by atoms with Gasteiger partial charge < -0.3 is 0 Å². The SMILES string of the molecule is FC(=C(C(F)(F)F)C(F)(F)F)C(F)(F)C(F)(F)C(F)F. The molecule has 0 aliphatic heterocycles. The highest BCUT2D eigenvalue weighted by molar-refractivity contribution is 5.26. The molecule has 0 bridgehead atoms. The molecule has 0 radical (unpaired) electrons. The standard InChI is InChI=1S/C7HF13/c8-2(1(6(15,16)17)7(18,19)20)4(11,12)5(13,14)3(9)10/h3H. The maximum absolute atomic E-state index is 12.6. The lowest BCUT2D eigenvalue weighted by molar-refractivity contribution is -0.258. The van der Waals surface area contributed by atoms with E-state index in [4.69, 9.17) is 0 Å². The van der Waals surface area contributed by atoms with Gasteiger partial charge in [0.05, 0.1) is 0 Å². The Bertz CT molecular complexity index is 365. The van der Waals surface area contributed by atoms with Crippen LogP contribution in [0.4, 0.5) is 57.1 Å². The van der Waals surface area contributed by atoms with Crippen LogP contribution in [0, 0.1) is 0 Å². The van der Waals surface area contributed by atoms with Crippen LogP contribution in [0.1, 0.15) is 0 Å². The highest BCUT2D eigenvalue weighted by Crippen LogP contribution is 2.50. The minimum atomic E-state index is -7.00. The third kappa shape index (κ3) is 3.29. The van der Waals surface area contributed by atoms with E-state index in [0.29, 0.717) is 0 Å². The van der Waals surface area contributed by atoms with Crippen LogP contribution >= 0.6 is 0 Å². The van der Waals surface area contributed by atoms with E-state index < -0.39 is 42.0 Å². The predicted octanol–water partition coefficient (Wildman–Crippen LogP) is 4.87. The van der Waals surface area contributed by atoms with Gasteiger partial charge in [0.2, 0.25) is 0 Å². The quantitative estimate of drug-likeness (QED) is 0.647. The molecular weight excluding hydrogens is 331 g/mol. The zero-order valence-corrected chi connectivity index (χ0v) is 8.49. The highest BCUT2D eigenvalue weighted by atomic mass is 19.4. The molecule has 0 unspecified atom stereocenters. The molecule has 0 aromatic rings. The van der Waals surface area contributed by atoms with Crippen LogP contribution < -0.4 is 0 Å². The van der Waals surface area contributed by atoms with Crippen LogP contribution in [0.2, 0.25) is 0 Å². The molecule has 0 fully saturated rings. The first-order valence-corrected chi connectivity index (χ1v) is 4.05. The van der Waals surface area contributed by atoms with Gasteiger partial charge in [-0.25, -0.2) is 13.2 Å². The van der Waals surface area contributed by atoms with E-state index in [1.165, 1.54) is 0 Å². The number of rotatable bonds is 3. The summed E-state index contributed by atoms with van der Waals surface area (Å²) in [7, 11) is 0. The molecule has 20 heavy (non-hydrogen) atoms. The van der Waals surface area contributed by atoms with Crippen LogP contribution in [0.15, 0.2) is 11.4 Å². The fourth-order valence-corrected chi connectivity index (χ4v) is 0.850. The monoisotopic (exact) mass is 332 g/mol. The molecule has 0 saturated carbocycles. The molecule has 0 heterocycles. The van der Waals surface area contributed by atoms with Crippen molar-refractivity contribution in [1.82, 2.24) is 0 Å². The maximum Gasteiger partial charge on any atom is 0.424 e. The van der Waals surface area contributed by atoms with Crippen LogP contribution in [0.25, 0.3) is 0 Å². The Balaban J connectivity index is 6.26. The first-order valence-electron chi connectivity index (χ1n) is 4.05. The molecule has 0 aliphatic rings. The molecule has 0 amide bonds. The summed E-state index contributed by atoms with van der Waals surface area (Å²) in [6, 6.07) is 0. The first kappa shape index (κ1) is 18.8. The Morgan fingerprint density at radius 2 is 0.950 bits per heavy atom. The van der Waals surface area contributed by atoms with Gasteiger partial charge in [0.25, 0.3) is 0 Å². The summed E-state index contributed by atoms with van der Waals surface area (Å²) in [5, 5.41) is 0. The Labute approximate surface area is 100 Å². The van der Waals surface area contributed by atoms with Gasteiger partial charge in [0.1, 0.15) is 0 Å². The molecule has 0 N–H and O–H groups in total. The fraction of sp³-hybridized carbons (Fsp3) is 0.714. The lowest BCUT2D eigenvalue weighted by Gasteiger charge is -2.26. The van der Waals surface area contributed by atoms with Crippen molar-refractivity contribution in [2.24, 2.45) is 0 Å². The van der Waals surface area contributed by atoms with Crippen LogP contribution in [0.3, 0.4) is 0 Å². The van der Waals surface area contributed by atoms with Crippen molar-refractivity contribution in [3.8, 4) is 0 Å². The van der Waals surface area contributed by atoms with E-state index in [1.54, 1.807) is 0 Å². The van der Waals surface area contributed by atoms with Crippen LogP contribution in [0.5, 0.6) is 0 Å². The Morgan fingerprint density at radius 1 is 0.650 bits per heavy atom. The number of halogens is 13. The second-order valence-corrected chi connectivity index (χ2v) is 3.18. The number of allylic oxidation sites excluding steroid dienone is 2. The van der Waals surface area contributed by atoms with Crippen molar-refractivity contribution < 1.29 is 57.1 Å². The molecule has 0 spiro atoms. The van der Waals surface area contributed by atoms with Crippen molar-refractivity contribution in [2.45, 2.75) is 30.6 Å². The number of alkyl halides is 12. The maximum atomic E-state index is 12.6. The second kappa shape index (κ2) is 4.98. The number of hydrogen-bond donors (Lipinski definition) is 0. The average molecular weight is 332 g/mol. The molecule has 0 rings (SSSR count). The summed E-state index contributed by atoms with van der Waals surface area (Å²) in [6.07, 6.45) is -19.1. The summed E-state index contributed by atoms with van der Waals surface area (Å²) in [5.41, 5.74) is -4.62. The summed E-state index contributed by atoms with van der Waals surface area (Å²) < 4.78 is 156. The number of hydrogen-bond acceptors (Lipinski definition) is 0. The Hall–Kier alpha value is -1.17. The van der Waals surface area contributed by atoms with Crippen molar-refractivity contribution in [1.29, 1.82) is 0 Å². The van der Waals surface area contributed by atoms with Gasteiger partial charge >= 0.3 is 30.6 Å². The minimum absolute atomic E-state index is 4.62. The van der Waals surface area contributed by atoms with Gasteiger partial charge in [-0.2, -0.15) is 43.9 Å². The normalized spacial score (nSPS) is 14.7. The lowest BCUT2D eigenvalue weighted by Crippen LogP contribution is -2.48. The van der Waals surface area contributed by atoms with Gasteiger partial charge in [0.15, 0.2) is 11.4 Å². The molecule has 0 aromatic heterocycles. The van der Waals surface area contributed by atoms with Gasteiger partial charge in [-0.3, -0.25) is 0 Å². The fourth-order valence-electron chi connectivity index (χ4n) is 0.850. The lowest BCUT2D eigenvalue weighted by atomic mass is 10.1. The third-order valence-electron chi connectivity index (χ3n) is 1.75. The van der Waals surface area contributed by atoms with E-state index in [2.05, 4.69) is 0 Å². The Morgan fingerprint density at radius 3 is 1.15 bits per heavy atom. The third-order valence-corrected chi connectivity index (χ3v) is 1.75. The summed E-state index contributed by atoms with van der Waals surface area (Å²) in [6.45, 7) is 0. The summed E-state index contributed by atoms with van der Waals surface area (Å²) in [5.74, 6) is -18.5. The predicted molar refractivity (Wildman–Crippen MR) is 36.1 cm³/mol. The molecule has 0 nitrogen and oxygen atoms in total. The van der Waals surface area contributed by atoms with Gasteiger partial charge in [-0.1, -0.05) is 0 Å². The van der Waals surface area contributed by atoms with Crippen molar-refractivity contribution in [2.75, 3.05) is 0 Å². The van der Waals surface area contributed by atoms with Gasteiger partial charge in [-0.15, -0.1) is 0 Å². The minimum Gasteiger partial charge on any atom is -0.204 e. The molecule has 13 heteroatoms. The van der Waals surface area contributed by atoms with E-state index in [9.17, 15) is 57.1 Å². The van der Waals surface area contributed by atoms with E-state index >= 15 is 0 Å². The zero-order valence-electron chi connectivity index (χ0n) is 8.49. The molecule has 0 saturated heterocycles. The van der Waals surface area contributed by atoms with Crippen LogP contribution in [-0.2, 0) is 0 Å². The molecular formula is C7HF13. The van der Waals surface area contributed by atoms with E-state index in [0.717, 1.165) is 0 Å².